The van der Waals surface area contributed by atoms with E-state index in [1.165, 1.54) is 38.8 Å². The molecule has 2 heterocycles. The van der Waals surface area contributed by atoms with Crippen LogP contribution < -0.4 is 5.32 Å². The lowest BCUT2D eigenvalue weighted by atomic mass is 10.1. The average molecular weight is 228 g/mol. The molecule has 0 atom stereocenters. The minimum Gasteiger partial charge on any atom is -0.375 e. The number of hydrogen-bond acceptors (Lipinski definition) is 3. The van der Waals surface area contributed by atoms with Crippen molar-refractivity contribution in [2.45, 2.75) is 51.7 Å². The van der Waals surface area contributed by atoms with E-state index in [2.05, 4.69) is 17.3 Å². The van der Waals surface area contributed by atoms with Gasteiger partial charge in [0.05, 0.1) is 12.2 Å². The van der Waals surface area contributed by atoms with Crippen molar-refractivity contribution in [1.82, 2.24) is 10.2 Å². The van der Waals surface area contributed by atoms with E-state index in [4.69, 9.17) is 4.74 Å². The summed E-state index contributed by atoms with van der Waals surface area (Å²) in [7, 11) is 2.20. The van der Waals surface area contributed by atoms with Crippen LogP contribution in [-0.2, 0) is 4.74 Å². The summed E-state index contributed by atoms with van der Waals surface area (Å²) in [5.74, 6) is 0. The molecule has 3 nitrogen and oxygen atoms in total. The molecule has 0 bridgehead atoms. The van der Waals surface area contributed by atoms with Crippen LogP contribution in [-0.4, -0.2) is 50.3 Å². The lowest BCUT2D eigenvalue weighted by Gasteiger charge is -2.33. The van der Waals surface area contributed by atoms with Gasteiger partial charge in [-0.25, -0.2) is 0 Å². The molecule has 2 fully saturated rings. The molecule has 0 aliphatic carbocycles. The highest BCUT2D eigenvalue weighted by molar-refractivity contribution is 4.74. The number of nitrogens with one attached hydrogen (secondary N) is 1. The van der Waals surface area contributed by atoms with Gasteiger partial charge >= 0.3 is 0 Å². The van der Waals surface area contributed by atoms with Crippen LogP contribution in [0.2, 0.25) is 0 Å². The third kappa shape index (κ3) is 4.81. The summed E-state index contributed by atoms with van der Waals surface area (Å²) in [5.41, 5.74) is 0. The van der Waals surface area contributed by atoms with Crippen molar-refractivity contribution < 1.29 is 4.74 Å². The zero-order valence-corrected chi connectivity index (χ0v) is 11.2. The molecule has 0 aromatic heterocycles. The quantitative estimate of drug-likeness (QED) is 0.781. The summed E-state index contributed by atoms with van der Waals surface area (Å²) >= 11 is 0. The van der Waals surface area contributed by atoms with Crippen LogP contribution in [0.5, 0.6) is 0 Å². The second-order valence-electron chi connectivity index (χ2n) is 4.59. The number of likely N-dealkylation sites (tertiary alicyclic amines) is 1. The summed E-state index contributed by atoms with van der Waals surface area (Å²) in [6, 6.07) is 0. The Morgan fingerprint density at radius 2 is 1.44 bits per heavy atom. The van der Waals surface area contributed by atoms with Crippen molar-refractivity contribution in [2.24, 2.45) is 0 Å². The maximum Gasteiger partial charge on any atom is 0.0603 e. The Kier molecular flexibility index (Phi) is 7.01. The van der Waals surface area contributed by atoms with Gasteiger partial charge < -0.3 is 15.0 Å². The van der Waals surface area contributed by atoms with Crippen LogP contribution in [0.1, 0.15) is 39.5 Å². The molecule has 0 radical (unpaired) electrons. The Morgan fingerprint density at radius 3 is 2.00 bits per heavy atom. The summed E-state index contributed by atoms with van der Waals surface area (Å²) in [6.45, 7) is 8.68. The van der Waals surface area contributed by atoms with E-state index in [-0.39, 0.29) is 0 Å². The molecular formula is C13H28N2O. The third-order valence-electron chi connectivity index (χ3n) is 3.34. The van der Waals surface area contributed by atoms with Gasteiger partial charge in [-0.3, -0.25) is 0 Å². The molecule has 0 aromatic carbocycles. The number of piperidine rings is 2. The first kappa shape index (κ1) is 13.9. The molecule has 2 aliphatic rings. The number of hydrogen-bond donors (Lipinski definition) is 1. The van der Waals surface area contributed by atoms with Gasteiger partial charge in [0.25, 0.3) is 0 Å². The molecule has 1 N–H and O–H groups in total. The van der Waals surface area contributed by atoms with Crippen LogP contribution in [0.25, 0.3) is 0 Å². The van der Waals surface area contributed by atoms with Crippen LogP contribution in [0.15, 0.2) is 0 Å². The Morgan fingerprint density at radius 1 is 0.938 bits per heavy atom. The standard InChI is InChI=1S/C11H22N2O.C2H6/c1-13-8-4-11(5-9-13)14-10-2-6-12-7-3-10;1-2/h10-12H,2-9H2,1H3;1-2H3. The van der Waals surface area contributed by atoms with Gasteiger partial charge in [0.15, 0.2) is 0 Å². The fourth-order valence-corrected chi connectivity index (χ4v) is 2.32. The van der Waals surface area contributed by atoms with E-state index >= 15 is 0 Å². The summed E-state index contributed by atoms with van der Waals surface area (Å²) in [6.07, 6.45) is 5.92. The highest BCUT2D eigenvalue weighted by Crippen LogP contribution is 2.17. The highest BCUT2D eigenvalue weighted by atomic mass is 16.5. The summed E-state index contributed by atoms with van der Waals surface area (Å²) < 4.78 is 6.11. The predicted octanol–water partition coefficient (Wildman–Crippen LogP) is 1.88. The second-order valence-corrected chi connectivity index (χ2v) is 4.59. The molecule has 3 heteroatoms. The zero-order chi connectivity index (χ0) is 11.8. The Labute approximate surface area is 101 Å². The van der Waals surface area contributed by atoms with Gasteiger partial charge in [-0.2, -0.15) is 0 Å². The van der Waals surface area contributed by atoms with Crippen LogP contribution in [0, 0.1) is 0 Å². The lowest BCUT2D eigenvalue weighted by molar-refractivity contribution is -0.0505. The lowest BCUT2D eigenvalue weighted by Crippen LogP contribution is -2.39. The molecule has 16 heavy (non-hydrogen) atoms. The van der Waals surface area contributed by atoms with Gasteiger partial charge in [-0.05, 0) is 45.8 Å². The molecule has 0 amide bonds. The van der Waals surface area contributed by atoms with Crippen LogP contribution in [0.3, 0.4) is 0 Å². The van der Waals surface area contributed by atoms with Crippen molar-refractivity contribution in [3.63, 3.8) is 0 Å². The maximum atomic E-state index is 6.11. The van der Waals surface area contributed by atoms with Gasteiger partial charge in [0.1, 0.15) is 0 Å². The highest BCUT2D eigenvalue weighted by Gasteiger charge is 2.22. The molecule has 0 spiro atoms. The largest absolute Gasteiger partial charge is 0.375 e. The van der Waals surface area contributed by atoms with Gasteiger partial charge in [-0.1, -0.05) is 13.8 Å². The van der Waals surface area contributed by atoms with E-state index < -0.39 is 0 Å². The van der Waals surface area contributed by atoms with Crippen molar-refractivity contribution >= 4 is 0 Å². The Bertz CT molecular complexity index is 161. The fourth-order valence-electron chi connectivity index (χ4n) is 2.32. The van der Waals surface area contributed by atoms with E-state index in [1.807, 2.05) is 13.8 Å². The first-order valence-corrected chi connectivity index (χ1v) is 6.89. The maximum absolute atomic E-state index is 6.11. The van der Waals surface area contributed by atoms with Crippen molar-refractivity contribution in [3.05, 3.63) is 0 Å². The first-order valence-electron chi connectivity index (χ1n) is 6.89. The smallest absolute Gasteiger partial charge is 0.0603 e. The first-order chi connectivity index (χ1) is 7.84. The minimum atomic E-state index is 0.532. The van der Waals surface area contributed by atoms with Gasteiger partial charge in [0, 0.05) is 13.1 Å². The monoisotopic (exact) mass is 228 g/mol. The number of nitrogens with zero attached hydrogens (tertiary/aromatic N) is 1. The molecule has 2 rings (SSSR count). The van der Waals surface area contributed by atoms with Crippen molar-refractivity contribution in [2.75, 3.05) is 33.2 Å². The van der Waals surface area contributed by atoms with Gasteiger partial charge in [0.2, 0.25) is 0 Å². The molecule has 0 unspecified atom stereocenters. The fraction of sp³-hybridized carbons (Fsp3) is 1.00. The average Bonchev–Trinajstić information content (AvgIpc) is 2.36. The summed E-state index contributed by atoms with van der Waals surface area (Å²) in [5, 5.41) is 3.37. The van der Waals surface area contributed by atoms with Crippen LogP contribution >= 0.6 is 0 Å². The third-order valence-corrected chi connectivity index (χ3v) is 3.34. The molecule has 0 aromatic rings. The van der Waals surface area contributed by atoms with E-state index in [9.17, 15) is 0 Å². The SMILES string of the molecule is CC.CN1CCC(OC2CCNCC2)CC1. The van der Waals surface area contributed by atoms with E-state index in [0.717, 1.165) is 13.1 Å². The molecule has 2 aliphatic heterocycles. The topological polar surface area (TPSA) is 24.5 Å². The molecule has 0 saturated carbocycles. The van der Waals surface area contributed by atoms with Crippen molar-refractivity contribution in [3.8, 4) is 0 Å². The molecule has 2 saturated heterocycles. The van der Waals surface area contributed by atoms with Crippen LogP contribution in [0.4, 0.5) is 0 Å². The van der Waals surface area contributed by atoms with Gasteiger partial charge in [-0.15, -0.1) is 0 Å². The zero-order valence-electron chi connectivity index (χ0n) is 11.2. The Balaban J connectivity index is 0.000000606. The predicted molar refractivity (Wildman–Crippen MR) is 68.8 cm³/mol. The van der Waals surface area contributed by atoms with E-state index in [1.54, 1.807) is 0 Å². The number of rotatable bonds is 2. The normalized spacial score (nSPS) is 24.9. The minimum absolute atomic E-state index is 0.532. The second kappa shape index (κ2) is 8.04. The molecular weight excluding hydrogens is 200 g/mol. The Hall–Kier alpha value is -0.120. The summed E-state index contributed by atoms with van der Waals surface area (Å²) in [4.78, 5) is 2.39. The van der Waals surface area contributed by atoms with E-state index in [0.29, 0.717) is 12.2 Å². The van der Waals surface area contributed by atoms with Crippen molar-refractivity contribution in [1.29, 1.82) is 0 Å². The number of ether oxygens (including phenoxy) is 1. The molecule has 96 valence electrons.